The van der Waals surface area contributed by atoms with Crippen LogP contribution < -0.4 is 10.6 Å². The highest BCUT2D eigenvalue weighted by atomic mass is 15.6. The molecule has 0 spiro atoms. The fourth-order valence-corrected chi connectivity index (χ4v) is 0.784. The third kappa shape index (κ3) is 1.07. The number of aromatic nitrogens is 1. The largest absolute Gasteiger partial charge is 0.318 e. The SMILES string of the molecule is c1cncc(C2=NN=[N+]N2)c1. The van der Waals surface area contributed by atoms with E-state index in [9.17, 15) is 0 Å². The predicted octanol–water partition coefficient (Wildman–Crippen LogP) is 0.0494. The van der Waals surface area contributed by atoms with Crippen molar-refractivity contribution in [2.45, 2.75) is 0 Å². The van der Waals surface area contributed by atoms with E-state index in [4.69, 9.17) is 0 Å². The van der Waals surface area contributed by atoms with Gasteiger partial charge in [0.25, 0.3) is 0 Å². The van der Waals surface area contributed by atoms with Crippen LogP contribution in [0.1, 0.15) is 5.56 Å². The Morgan fingerprint density at radius 1 is 1.45 bits per heavy atom. The molecular formula is C6H5N5+. The second-order valence-electron chi connectivity index (χ2n) is 1.99. The van der Waals surface area contributed by atoms with Crippen LogP contribution in [0, 0.1) is 0 Å². The predicted molar refractivity (Wildman–Crippen MR) is 38.5 cm³/mol. The van der Waals surface area contributed by atoms with Crippen molar-refractivity contribution in [1.29, 1.82) is 0 Å². The first-order valence-corrected chi connectivity index (χ1v) is 3.11. The van der Waals surface area contributed by atoms with Gasteiger partial charge in [0.15, 0.2) is 5.22 Å². The highest BCUT2D eigenvalue weighted by Crippen LogP contribution is 1.98. The van der Waals surface area contributed by atoms with Gasteiger partial charge in [-0.05, 0) is 12.1 Å². The number of amidine groups is 1. The van der Waals surface area contributed by atoms with E-state index in [0.29, 0.717) is 5.84 Å². The molecule has 1 aromatic heterocycles. The lowest BCUT2D eigenvalue weighted by Gasteiger charge is -1.88. The molecule has 0 bridgehead atoms. The van der Waals surface area contributed by atoms with Crippen LogP contribution >= 0.6 is 0 Å². The van der Waals surface area contributed by atoms with Crippen LogP contribution in [0.15, 0.2) is 34.9 Å². The number of rotatable bonds is 1. The van der Waals surface area contributed by atoms with E-state index in [1.54, 1.807) is 12.4 Å². The van der Waals surface area contributed by atoms with Crippen LogP contribution in [-0.4, -0.2) is 10.8 Å². The zero-order chi connectivity index (χ0) is 7.52. The molecule has 0 unspecified atom stereocenters. The van der Waals surface area contributed by atoms with Crippen molar-refractivity contribution in [1.82, 2.24) is 15.6 Å². The summed E-state index contributed by atoms with van der Waals surface area (Å²) in [6.07, 6.45) is 3.40. The minimum absolute atomic E-state index is 0.637. The van der Waals surface area contributed by atoms with Crippen molar-refractivity contribution in [3.63, 3.8) is 0 Å². The van der Waals surface area contributed by atoms with Gasteiger partial charge in [0.2, 0.25) is 5.22 Å². The molecule has 1 radical (unpaired) electrons. The summed E-state index contributed by atoms with van der Waals surface area (Å²) >= 11 is 0. The van der Waals surface area contributed by atoms with Gasteiger partial charge in [-0.3, -0.25) is 4.98 Å². The maximum atomic E-state index is 3.93. The Bertz CT molecular complexity index is 302. The lowest BCUT2D eigenvalue weighted by Crippen LogP contribution is -2.20. The molecule has 5 heteroatoms. The summed E-state index contributed by atoms with van der Waals surface area (Å²) in [7, 11) is 0. The second-order valence-corrected chi connectivity index (χ2v) is 1.99. The zero-order valence-electron chi connectivity index (χ0n) is 5.60. The topological polar surface area (TPSA) is 63.7 Å². The summed E-state index contributed by atoms with van der Waals surface area (Å²) in [6, 6.07) is 3.72. The smallest absolute Gasteiger partial charge is 0.264 e. The molecule has 53 valence electrons. The number of hydrogen-bond donors (Lipinski definition) is 1. The third-order valence-corrected chi connectivity index (χ3v) is 1.28. The molecule has 5 nitrogen and oxygen atoms in total. The molecular weight excluding hydrogens is 142 g/mol. The molecule has 2 heterocycles. The summed E-state index contributed by atoms with van der Waals surface area (Å²) < 4.78 is 0. The maximum absolute atomic E-state index is 3.93. The fraction of sp³-hybridized carbons (Fsp3) is 0. The van der Waals surface area contributed by atoms with Gasteiger partial charge >= 0.3 is 5.84 Å². The summed E-state index contributed by atoms with van der Waals surface area (Å²) in [5, 5.41) is 10.6. The summed E-state index contributed by atoms with van der Waals surface area (Å²) in [5.74, 6) is 0.637. The summed E-state index contributed by atoms with van der Waals surface area (Å²) in [4.78, 5) is 3.93. The van der Waals surface area contributed by atoms with Gasteiger partial charge in [0.1, 0.15) is 5.10 Å². The molecule has 0 saturated heterocycles. The molecule has 1 aliphatic rings. The van der Waals surface area contributed by atoms with E-state index in [1.807, 2.05) is 12.1 Å². The highest BCUT2D eigenvalue weighted by molar-refractivity contribution is 5.98. The first kappa shape index (κ1) is 5.96. The first-order chi connectivity index (χ1) is 5.47. The van der Waals surface area contributed by atoms with Gasteiger partial charge in [-0.2, -0.15) is 0 Å². The van der Waals surface area contributed by atoms with Gasteiger partial charge in [0.05, 0.1) is 5.56 Å². The minimum atomic E-state index is 0.637. The molecule has 1 aromatic rings. The molecule has 1 N–H and O–H groups in total. The van der Waals surface area contributed by atoms with E-state index in [0.717, 1.165) is 5.56 Å². The van der Waals surface area contributed by atoms with E-state index >= 15 is 0 Å². The van der Waals surface area contributed by atoms with Gasteiger partial charge in [-0.25, -0.2) is 0 Å². The molecule has 0 fully saturated rings. The molecule has 11 heavy (non-hydrogen) atoms. The van der Waals surface area contributed by atoms with Crippen LogP contribution in [-0.2, 0) is 0 Å². The van der Waals surface area contributed by atoms with Gasteiger partial charge in [-0.15, -0.1) is 5.43 Å². The molecule has 1 aliphatic heterocycles. The van der Waals surface area contributed by atoms with Crippen LogP contribution in [0.3, 0.4) is 0 Å². The zero-order valence-corrected chi connectivity index (χ0v) is 5.60. The monoisotopic (exact) mass is 147 g/mol. The Morgan fingerprint density at radius 3 is 3.09 bits per heavy atom. The van der Waals surface area contributed by atoms with E-state index in [-0.39, 0.29) is 0 Å². The average Bonchev–Trinajstić information content (AvgIpc) is 2.58. The first-order valence-electron chi connectivity index (χ1n) is 3.11. The molecule has 0 saturated carbocycles. The normalized spacial score (nSPS) is 14.4. The maximum Gasteiger partial charge on any atom is 0.318 e. The number of pyridine rings is 1. The number of nitrogens with one attached hydrogen (secondary N) is 1. The molecule has 0 atom stereocenters. The van der Waals surface area contributed by atoms with E-state index < -0.39 is 0 Å². The molecule has 0 amide bonds. The Balaban J connectivity index is 2.31. The number of nitrogens with zero attached hydrogens (tertiary/aromatic N) is 4. The quantitative estimate of drug-likeness (QED) is 0.610. The highest BCUT2D eigenvalue weighted by Gasteiger charge is 2.16. The summed E-state index contributed by atoms with van der Waals surface area (Å²) in [6.45, 7) is 0. The van der Waals surface area contributed by atoms with Crippen molar-refractivity contribution in [3.8, 4) is 0 Å². The third-order valence-electron chi connectivity index (χ3n) is 1.28. The molecule has 0 aliphatic carbocycles. The van der Waals surface area contributed by atoms with Crippen molar-refractivity contribution in [2.75, 3.05) is 0 Å². The van der Waals surface area contributed by atoms with E-state index in [1.165, 1.54) is 0 Å². The van der Waals surface area contributed by atoms with Gasteiger partial charge < -0.3 is 0 Å². The number of hydrogen-bond acceptors (Lipinski definition) is 5. The van der Waals surface area contributed by atoms with Gasteiger partial charge in [-0.1, -0.05) is 0 Å². The molecule has 0 aromatic carbocycles. The minimum Gasteiger partial charge on any atom is -0.264 e. The molecule has 2 rings (SSSR count). The van der Waals surface area contributed by atoms with E-state index in [2.05, 4.69) is 26.0 Å². The van der Waals surface area contributed by atoms with Crippen molar-refractivity contribution >= 4 is 5.84 Å². The Kier molecular flexibility index (Phi) is 1.33. The van der Waals surface area contributed by atoms with Gasteiger partial charge in [0, 0.05) is 12.4 Å². The van der Waals surface area contributed by atoms with Crippen LogP contribution in [0.4, 0.5) is 0 Å². The lowest BCUT2D eigenvalue weighted by molar-refractivity contribution is 0.818. The fourth-order valence-electron chi connectivity index (χ4n) is 0.784. The van der Waals surface area contributed by atoms with Crippen molar-refractivity contribution in [2.24, 2.45) is 10.3 Å². The summed E-state index contributed by atoms with van der Waals surface area (Å²) in [5.41, 5.74) is 3.53. The van der Waals surface area contributed by atoms with Crippen molar-refractivity contribution < 1.29 is 0 Å². The average molecular weight is 147 g/mol. The van der Waals surface area contributed by atoms with Crippen LogP contribution in [0.2, 0.25) is 0 Å². The van der Waals surface area contributed by atoms with Crippen LogP contribution in [0.25, 0.3) is 0 Å². The van der Waals surface area contributed by atoms with Crippen molar-refractivity contribution in [3.05, 3.63) is 30.1 Å². The Labute approximate surface area is 62.8 Å². The standard InChI is InChI=1S/C6H5N5/c1-2-5(4-7-3-1)6-8-10-11-9-6/h1-4H,(H,8,9,10)/q+1. The van der Waals surface area contributed by atoms with Crippen LogP contribution in [0.5, 0.6) is 0 Å². The Morgan fingerprint density at radius 2 is 2.45 bits per heavy atom. The second kappa shape index (κ2) is 2.45. The lowest BCUT2D eigenvalue weighted by atomic mass is 10.3. The Hall–Kier alpha value is -1.78.